The van der Waals surface area contributed by atoms with Gasteiger partial charge in [0.2, 0.25) is 0 Å². The molecular formula is C34H45BFN3O4. The van der Waals surface area contributed by atoms with Gasteiger partial charge in [0.05, 0.1) is 29.6 Å². The zero-order valence-corrected chi connectivity index (χ0v) is 26.3. The lowest BCUT2D eigenvalue weighted by Gasteiger charge is -2.37. The lowest BCUT2D eigenvalue weighted by Crippen LogP contribution is -2.49. The van der Waals surface area contributed by atoms with Crippen LogP contribution in [0.4, 0.5) is 4.39 Å². The van der Waals surface area contributed by atoms with Crippen molar-refractivity contribution < 1.29 is 23.2 Å². The zero-order valence-electron chi connectivity index (χ0n) is 26.3. The van der Waals surface area contributed by atoms with Crippen LogP contribution in [0.2, 0.25) is 0 Å². The molecule has 0 amide bonds. The molecule has 1 unspecified atom stereocenters. The first-order valence-electron chi connectivity index (χ1n) is 15.9. The number of likely N-dealkylation sites (tertiary alicyclic amines) is 1. The molecule has 0 spiro atoms. The fourth-order valence-corrected chi connectivity index (χ4v) is 6.31. The van der Waals surface area contributed by atoms with Crippen LogP contribution in [0.5, 0.6) is 5.75 Å². The quantitative estimate of drug-likeness (QED) is 0.241. The van der Waals surface area contributed by atoms with Crippen LogP contribution in [0.1, 0.15) is 77.7 Å². The summed E-state index contributed by atoms with van der Waals surface area (Å²) in [4.78, 5) is 2.23. The van der Waals surface area contributed by atoms with Gasteiger partial charge in [-0.3, -0.25) is 9.29 Å². The highest BCUT2D eigenvalue weighted by molar-refractivity contribution is 6.56. The maximum atomic E-state index is 12.8. The van der Waals surface area contributed by atoms with Crippen molar-refractivity contribution in [2.24, 2.45) is 5.92 Å². The number of halogens is 1. The maximum Gasteiger partial charge on any atom is 0.491 e. The van der Waals surface area contributed by atoms with E-state index < -0.39 is 18.3 Å². The fraction of sp³-hybridized carbons (Fsp3) is 0.559. The number of rotatable bonds is 10. The Balaban J connectivity index is 1.31. The first kappa shape index (κ1) is 30.3. The maximum absolute atomic E-state index is 12.8. The molecule has 43 heavy (non-hydrogen) atoms. The molecule has 3 fully saturated rings. The number of hydrogen-bond acceptors (Lipinski definition) is 6. The van der Waals surface area contributed by atoms with Crippen LogP contribution >= 0.6 is 0 Å². The van der Waals surface area contributed by atoms with Crippen LogP contribution in [-0.2, 0) is 14.0 Å². The SMILES string of the molecule is CCC(B1OC(C)(C)C(C)(C)O1)=C(c1ccc(OCCN2CC(CF)C2)cc1)c1ccc2c(cnn2C2CCCCO2)c1. The summed E-state index contributed by atoms with van der Waals surface area (Å²) in [6.45, 7) is 14.1. The molecule has 0 radical (unpaired) electrons. The summed E-state index contributed by atoms with van der Waals surface area (Å²) in [6, 6.07) is 14.9. The van der Waals surface area contributed by atoms with E-state index in [2.05, 4.69) is 69.9 Å². The van der Waals surface area contributed by atoms with Gasteiger partial charge >= 0.3 is 7.12 Å². The minimum atomic E-state index is -0.459. The molecule has 0 bridgehead atoms. The van der Waals surface area contributed by atoms with Gasteiger partial charge in [-0.2, -0.15) is 5.10 Å². The molecule has 2 aromatic carbocycles. The average molecular weight is 590 g/mol. The second-order valence-corrected chi connectivity index (χ2v) is 13.2. The average Bonchev–Trinajstić information content (AvgIpc) is 3.49. The molecule has 3 aromatic rings. The van der Waals surface area contributed by atoms with Crippen LogP contribution in [0.3, 0.4) is 0 Å². The van der Waals surface area contributed by atoms with E-state index in [0.717, 1.165) is 90.7 Å². The van der Waals surface area contributed by atoms with Crippen molar-refractivity contribution in [3.05, 3.63) is 65.3 Å². The van der Waals surface area contributed by atoms with Crippen molar-refractivity contribution in [2.75, 3.05) is 39.5 Å². The molecule has 0 saturated carbocycles. The van der Waals surface area contributed by atoms with E-state index in [-0.39, 0.29) is 18.8 Å². The molecule has 3 aliphatic heterocycles. The summed E-state index contributed by atoms with van der Waals surface area (Å²) in [5.41, 5.74) is 4.59. The Kier molecular flexibility index (Phi) is 8.71. The predicted molar refractivity (Wildman–Crippen MR) is 169 cm³/mol. The third-order valence-electron chi connectivity index (χ3n) is 9.62. The van der Waals surface area contributed by atoms with Crippen LogP contribution in [0, 0.1) is 5.92 Å². The Morgan fingerprint density at radius 1 is 1.02 bits per heavy atom. The normalized spacial score (nSPS) is 22.9. The van der Waals surface area contributed by atoms with E-state index in [1.165, 1.54) is 0 Å². The van der Waals surface area contributed by atoms with Crippen LogP contribution in [-0.4, -0.2) is 72.5 Å². The number of aromatic nitrogens is 2. The van der Waals surface area contributed by atoms with Gasteiger partial charge in [-0.1, -0.05) is 25.1 Å². The van der Waals surface area contributed by atoms with Gasteiger partial charge in [-0.25, -0.2) is 4.68 Å². The third kappa shape index (κ3) is 6.14. The molecular weight excluding hydrogens is 544 g/mol. The van der Waals surface area contributed by atoms with E-state index >= 15 is 0 Å². The van der Waals surface area contributed by atoms with Gasteiger partial charge in [-0.15, -0.1) is 0 Å². The monoisotopic (exact) mass is 589 g/mol. The third-order valence-corrected chi connectivity index (χ3v) is 9.62. The summed E-state index contributed by atoms with van der Waals surface area (Å²) in [5.74, 6) is 1.01. The molecule has 7 nitrogen and oxygen atoms in total. The molecule has 6 rings (SSSR count). The van der Waals surface area contributed by atoms with Gasteiger partial charge in [0.25, 0.3) is 0 Å². The summed E-state index contributed by atoms with van der Waals surface area (Å²) in [7, 11) is -0.459. The minimum absolute atomic E-state index is 0.0122. The molecule has 4 heterocycles. The van der Waals surface area contributed by atoms with Gasteiger partial charge < -0.3 is 18.8 Å². The van der Waals surface area contributed by atoms with Gasteiger partial charge in [0, 0.05) is 37.5 Å². The smallest absolute Gasteiger partial charge is 0.491 e. The van der Waals surface area contributed by atoms with E-state index in [1.807, 2.05) is 23.0 Å². The summed E-state index contributed by atoms with van der Waals surface area (Å²) >= 11 is 0. The van der Waals surface area contributed by atoms with E-state index in [0.29, 0.717) is 6.61 Å². The number of hydrogen-bond donors (Lipinski definition) is 0. The number of nitrogens with zero attached hydrogens (tertiary/aromatic N) is 3. The topological polar surface area (TPSA) is 58.0 Å². The Morgan fingerprint density at radius 3 is 2.40 bits per heavy atom. The van der Waals surface area contributed by atoms with E-state index in [1.54, 1.807) is 0 Å². The molecule has 9 heteroatoms. The van der Waals surface area contributed by atoms with Crippen molar-refractivity contribution in [3.8, 4) is 5.75 Å². The Labute approximate surface area is 255 Å². The van der Waals surface area contributed by atoms with Crippen molar-refractivity contribution in [1.29, 1.82) is 0 Å². The second-order valence-electron chi connectivity index (χ2n) is 13.2. The molecule has 1 atom stereocenters. The Hall–Kier alpha value is -2.72. The molecule has 3 aliphatic rings. The standard InChI is InChI=1S/C34H45BFN3O4/c1-6-29(35-42-33(2,3)34(4,5)43-35)32(25-10-13-28(14-11-25)40-18-16-38-22-24(20-36)23-38)26-12-15-30-27(19-26)21-37-39(30)31-9-7-8-17-41-31/h10-15,19,21,24,31H,6-9,16-18,20,22-23H2,1-5H3. The number of benzene rings is 2. The fourth-order valence-electron chi connectivity index (χ4n) is 6.31. The number of allylic oxidation sites excluding steroid dienone is 1. The lowest BCUT2D eigenvalue weighted by atomic mass is 9.70. The molecule has 230 valence electrons. The minimum Gasteiger partial charge on any atom is -0.492 e. The summed E-state index contributed by atoms with van der Waals surface area (Å²) in [6.07, 6.45) is 5.95. The zero-order chi connectivity index (χ0) is 30.2. The van der Waals surface area contributed by atoms with Crippen molar-refractivity contribution in [1.82, 2.24) is 14.7 Å². The van der Waals surface area contributed by atoms with E-state index in [9.17, 15) is 4.39 Å². The van der Waals surface area contributed by atoms with Gasteiger partial charge in [0.1, 0.15) is 12.4 Å². The molecule has 0 aliphatic carbocycles. The molecule has 0 N–H and O–H groups in total. The van der Waals surface area contributed by atoms with Crippen LogP contribution in [0.15, 0.2) is 54.1 Å². The number of alkyl halides is 1. The highest BCUT2D eigenvalue weighted by Gasteiger charge is 2.52. The molecule has 1 aromatic heterocycles. The van der Waals surface area contributed by atoms with Gasteiger partial charge in [0.15, 0.2) is 6.23 Å². The van der Waals surface area contributed by atoms with E-state index in [4.69, 9.17) is 23.9 Å². The Morgan fingerprint density at radius 2 is 1.74 bits per heavy atom. The molecule has 3 saturated heterocycles. The number of ether oxygens (including phenoxy) is 2. The highest BCUT2D eigenvalue weighted by atomic mass is 19.1. The second kappa shape index (κ2) is 12.3. The van der Waals surface area contributed by atoms with Gasteiger partial charge in [-0.05, 0) is 99.8 Å². The van der Waals surface area contributed by atoms with Crippen molar-refractivity contribution >= 4 is 23.6 Å². The first-order chi connectivity index (χ1) is 20.7. The Bertz CT molecular complexity index is 1430. The van der Waals surface area contributed by atoms with Crippen molar-refractivity contribution in [2.45, 2.75) is 77.7 Å². The number of fused-ring (bicyclic) bond motifs is 1. The highest BCUT2D eigenvalue weighted by Crippen LogP contribution is 2.42. The summed E-state index contributed by atoms with van der Waals surface area (Å²) < 4.78 is 40.0. The lowest BCUT2D eigenvalue weighted by molar-refractivity contribution is -0.0366. The van der Waals surface area contributed by atoms with Crippen molar-refractivity contribution in [3.63, 3.8) is 0 Å². The predicted octanol–water partition coefficient (Wildman–Crippen LogP) is 6.86. The summed E-state index contributed by atoms with van der Waals surface area (Å²) in [5, 5.41) is 5.81. The first-order valence-corrected chi connectivity index (χ1v) is 15.9. The van der Waals surface area contributed by atoms with Crippen LogP contribution < -0.4 is 4.74 Å². The van der Waals surface area contributed by atoms with Crippen LogP contribution in [0.25, 0.3) is 16.5 Å². The largest absolute Gasteiger partial charge is 0.492 e.